The zero-order valence-electron chi connectivity index (χ0n) is 15.5. The van der Waals surface area contributed by atoms with Gasteiger partial charge in [0, 0.05) is 17.3 Å². The molecule has 0 saturated heterocycles. The molecule has 0 radical (unpaired) electrons. The summed E-state index contributed by atoms with van der Waals surface area (Å²) in [7, 11) is 3.21. The molecule has 2 N–H and O–H groups in total. The summed E-state index contributed by atoms with van der Waals surface area (Å²) in [5, 5.41) is 6.66. The van der Waals surface area contributed by atoms with E-state index >= 15 is 0 Å². The summed E-state index contributed by atoms with van der Waals surface area (Å²) in [6.07, 6.45) is 1.62. The molecule has 0 unspecified atom stereocenters. The minimum atomic E-state index is -0.284. The molecule has 0 atom stereocenters. The summed E-state index contributed by atoms with van der Waals surface area (Å²) < 4.78 is 10.5. The van der Waals surface area contributed by atoms with Crippen molar-refractivity contribution in [2.24, 2.45) is 0 Å². The average Bonchev–Trinajstić information content (AvgIpc) is 2.74. The molecule has 6 nitrogen and oxygen atoms in total. The summed E-state index contributed by atoms with van der Waals surface area (Å²) in [5.74, 6) is 1.08. The molecule has 0 aliphatic heterocycles. The van der Waals surface area contributed by atoms with Gasteiger partial charge in [0.2, 0.25) is 0 Å². The van der Waals surface area contributed by atoms with E-state index < -0.39 is 0 Å². The number of methoxy groups -OCH3 is 2. The first kappa shape index (κ1) is 19.5. The molecule has 1 amide bonds. The largest absolute Gasteiger partial charge is 0.493 e. The van der Waals surface area contributed by atoms with E-state index in [1.165, 1.54) is 0 Å². The lowest BCUT2D eigenvalue weighted by molar-refractivity contribution is 0.102. The number of ether oxygens (including phenoxy) is 2. The van der Waals surface area contributed by atoms with Gasteiger partial charge >= 0.3 is 0 Å². The fourth-order valence-electron chi connectivity index (χ4n) is 2.56. The Kier molecular flexibility index (Phi) is 6.34. The maximum Gasteiger partial charge on any atom is 0.274 e. The van der Waals surface area contributed by atoms with E-state index in [4.69, 9.17) is 21.1 Å². The zero-order chi connectivity index (χ0) is 19.9. The number of carbonyl (C=O) groups is 1. The number of nitrogens with one attached hydrogen (secondary N) is 2. The van der Waals surface area contributed by atoms with Crippen molar-refractivity contribution in [3.8, 4) is 11.5 Å². The van der Waals surface area contributed by atoms with Crippen molar-refractivity contribution in [3.05, 3.63) is 77.1 Å². The molecule has 0 aliphatic carbocycles. The third kappa shape index (κ3) is 4.92. The molecule has 144 valence electrons. The van der Waals surface area contributed by atoms with Gasteiger partial charge in [0.1, 0.15) is 5.69 Å². The molecule has 0 fully saturated rings. The molecule has 1 aromatic heterocycles. The second-order valence-corrected chi connectivity index (χ2v) is 6.37. The molecule has 28 heavy (non-hydrogen) atoms. The van der Waals surface area contributed by atoms with Crippen LogP contribution in [-0.2, 0) is 6.54 Å². The highest BCUT2D eigenvalue weighted by Gasteiger charge is 2.08. The van der Waals surface area contributed by atoms with Crippen LogP contribution in [0.25, 0.3) is 0 Å². The number of hydrogen-bond acceptors (Lipinski definition) is 5. The Morgan fingerprint density at radius 2 is 1.68 bits per heavy atom. The van der Waals surface area contributed by atoms with Crippen LogP contribution in [0.3, 0.4) is 0 Å². The second kappa shape index (κ2) is 9.10. The van der Waals surface area contributed by atoms with Gasteiger partial charge in [-0.15, -0.1) is 0 Å². The van der Waals surface area contributed by atoms with Gasteiger partial charge in [-0.25, -0.2) is 4.98 Å². The summed E-state index contributed by atoms with van der Waals surface area (Å²) in [5.41, 5.74) is 2.82. The Bertz CT molecular complexity index is 944. The smallest absolute Gasteiger partial charge is 0.274 e. The normalized spacial score (nSPS) is 10.2. The van der Waals surface area contributed by atoms with Crippen LogP contribution in [-0.4, -0.2) is 25.1 Å². The van der Waals surface area contributed by atoms with E-state index in [1.807, 2.05) is 24.3 Å². The van der Waals surface area contributed by atoms with Gasteiger partial charge in [0.15, 0.2) is 11.5 Å². The van der Waals surface area contributed by atoms with E-state index in [0.29, 0.717) is 34.4 Å². The number of carbonyl (C=O) groups excluding carboxylic acids is 1. The number of halogens is 1. The molecule has 0 aliphatic rings. The van der Waals surface area contributed by atoms with Crippen LogP contribution >= 0.6 is 11.6 Å². The maximum absolute atomic E-state index is 12.3. The van der Waals surface area contributed by atoms with Gasteiger partial charge in [-0.3, -0.25) is 4.79 Å². The first-order valence-corrected chi connectivity index (χ1v) is 8.94. The number of rotatable bonds is 7. The monoisotopic (exact) mass is 397 g/mol. The van der Waals surface area contributed by atoms with Gasteiger partial charge in [-0.05, 0) is 54.1 Å². The summed E-state index contributed by atoms with van der Waals surface area (Å²) in [6.45, 7) is 0.582. The number of pyridine rings is 1. The molecular weight excluding hydrogens is 378 g/mol. The fourth-order valence-corrected chi connectivity index (χ4v) is 2.68. The third-order valence-corrected chi connectivity index (χ3v) is 4.29. The first-order valence-electron chi connectivity index (χ1n) is 8.57. The molecule has 1 heterocycles. The van der Waals surface area contributed by atoms with Crippen LogP contribution in [0.4, 0.5) is 11.4 Å². The minimum absolute atomic E-state index is 0.284. The highest BCUT2D eigenvalue weighted by molar-refractivity contribution is 6.30. The lowest BCUT2D eigenvalue weighted by atomic mass is 10.2. The molecule has 0 spiro atoms. The lowest BCUT2D eigenvalue weighted by Crippen LogP contribution is -2.13. The molecular formula is C21H20ClN3O3. The highest BCUT2D eigenvalue weighted by atomic mass is 35.5. The van der Waals surface area contributed by atoms with Gasteiger partial charge in [-0.1, -0.05) is 17.7 Å². The Balaban J connectivity index is 1.59. The van der Waals surface area contributed by atoms with E-state index in [1.54, 1.807) is 50.7 Å². The van der Waals surface area contributed by atoms with Crippen LogP contribution < -0.4 is 20.1 Å². The number of amides is 1. The van der Waals surface area contributed by atoms with Crippen LogP contribution in [0.2, 0.25) is 5.02 Å². The van der Waals surface area contributed by atoms with Crippen LogP contribution in [0.1, 0.15) is 16.1 Å². The van der Waals surface area contributed by atoms with Crippen LogP contribution in [0, 0.1) is 0 Å². The van der Waals surface area contributed by atoms with Crippen molar-refractivity contribution in [3.63, 3.8) is 0 Å². The molecule has 7 heteroatoms. The van der Waals surface area contributed by atoms with E-state index in [0.717, 1.165) is 11.3 Å². The third-order valence-electron chi connectivity index (χ3n) is 4.04. The summed E-state index contributed by atoms with van der Waals surface area (Å²) in [4.78, 5) is 16.5. The number of benzene rings is 2. The first-order chi connectivity index (χ1) is 13.6. The number of aromatic nitrogens is 1. The minimum Gasteiger partial charge on any atom is -0.493 e. The van der Waals surface area contributed by atoms with Crippen molar-refractivity contribution in [1.29, 1.82) is 0 Å². The fraction of sp³-hybridized carbons (Fsp3) is 0.143. The Hall–Kier alpha value is -3.25. The number of anilines is 2. The lowest BCUT2D eigenvalue weighted by Gasteiger charge is -2.11. The molecule has 3 aromatic rings. The van der Waals surface area contributed by atoms with Gasteiger partial charge < -0.3 is 20.1 Å². The number of nitrogens with zero attached hydrogens (tertiary/aromatic N) is 1. The van der Waals surface area contributed by atoms with Gasteiger partial charge in [0.05, 0.1) is 26.1 Å². The van der Waals surface area contributed by atoms with E-state index in [9.17, 15) is 4.79 Å². The Labute approximate surface area is 168 Å². The van der Waals surface area contributed by atoms with Crippen molar-refractivity contribution in [2.45, 2.75) is 6.54 Å². The summed E-state index contributed by atoms with van der Waals surface area (Å²) >= 11 is 5.84. The maximum atomic E-state index is 12.3. The predicted molar refractivity (Wildman–Crippen MR) is 111 cm³/mol. The van der Waals surface area contributed by atoms with Crippen LogP contribution in [0.15, 0.2) is 60.8 Å². The molecule has 2 aromatic carbocycles. The molecule has 0 saturated carbocycles. The van der Waals surface area contributed by atoms with Crippen LogP contribution in [0.5, 0.6) is 11.5 Å². The highest BCUT2D eigenvalue weighted by Crippen LogP contribution is 2.27. The average molecular weight is 398 g/mol. The van der Waals surface area contributed by atoms with Crippen molar-refractivity contribution in [1.82, 2.24) is 4.98 Å². The SMILES string of the molecule is COc1ccc(CNc2ccc(C(=O)Nc3ccc(Cl)cc3)nc2)cc1OC. The van der Waals surface area contributed by atoms with Gasteiger partial charge in [-0.2, -0.15) is 0 Å². The van der Waals surface area contributed by atoms with Crippen molar-refractivity contribution in [2.75, 3.05) is 24.9 Å². The number of hydrogen-bond donors (Lipinski definition) is 2. The topological polar surface area (TPSA) is 72.5 Å². The second-order valence-electron chi connectivity index (χ2n) is 5.94. The Morgan fingerprint density at radius 3 is 2.32 bits per heavy atom. The standard InChI is InChI=1S/C21H20ClN3O3/c1-27-19-10-3-14(11-20(19)28-2)12-23-17-8-9-18(24-13-17)21(26)25-16-6-4-15(22)5-7-16/h3-11,13,23H,12H2,1-2H3,(H,25,26). The van der Waals surface area contributed by atoms with E-state index in [2.05, 4.69) is 15.6 Å². The van der Waals surface area contributed by atoms with E-state index in [-0.39, 0.29) is 5.91 Å². The zero-order valence-corrected chi connectivity index (χ0v) is 16.3. The van der Waals surface area contributed by atoms with Crippen molar-refractivity contribution < 1.29 is 14.3 Å². The predicted octanol–water partition coefficient (Wildman–Crippen LogP) is 4.62. The summed E-state index contributed by atoms with van der Waals surface area (Å²) in [6, 6.07) is 16.1. The molecule has 0 bridgehead atoms. The molecule has 3 rings (SSSR count). The van der Waals surface area contributed by atoms with Crippen molar-refractivity contribution >= 4 is 28.9 Å². The quantitative estimate of drug-likeness (QED) is 0.608. The Morgan fingerprint density at radius 1 is 0.964 bits per heavy atom. The van der Waals surface area contributed by atoms with Gasteiger partial charge in [0.25, 0.3) is 5.91 Å².